The topological polar surface area (TPSA) is 69.6 Å². The minimum absolute atomic E-state index is 0.0509. The molecular weight excluding hydrogens is 182 g/mol. The van der Waals surface area contributed by atoms with Gasteiger partial charge < -0.3 is 15.5 Å². The van der Waals surface area contributed by atoms with E-state index >= 15 is 0 Å². The van der Waals surface area contributed by atoms with Gasteiger partial charge in [-0.05, 0) is 18.8 Å². The molecule has 0 aliphatic heterocycles. The highest BCUT2D eigenvalue weighted by Crippen LogP contribution is 2.27. The highest BCUT2D eigenvalue weighted by molar-refractivity contribution is 5.76. The molecule has 0 atom stereocenters. The van der Waals surface area contributed by atoms with Crippen molar-refractivity contribution in [2.24, 2.45) is 5.92 Å². The van der Waals surface area contributed by atoms with Gasteiger partial charge in [-0.3, -0.25) is 4.79 Å². The molecule has 0 bridgehead atoms. The number of carbonyl (C=O) groups is 1. The molecule has 1 saturated carbocycles. The lowest BCUT2D eigenvalue weighted by Gasteiger charge is -2.15. The van der Waals surface area contributed by atoms with Crippen LogP contribution in [-0.4, -0.2) is 35.4 Å². The molecule has 0 heterocycles. The normalized spacial score (nSPS) is 17.6. The summed E-state index contributed by atoms with van der Waals surface area (Å²) in [6.45, 7) is -0.403. The zero-order valence-electron chi connectivity index (χ0n) is 8.41. The number of hydrogen-bond donors (Lipinski definition) is 3. The summed E-state index contributed by atoms with van der Waals surface area (Å²) in [4.78, 5) is 11.4. The van der Waals surface area contributed by atoms with E-state index in [-0.39, 0.29) is 19.1 Å². The van der Waals surface area contributed by atoms with Crippen LogP contribution in [0.3, 0.4) is 0 Å². The average molecular weight is 201 g/mol. The Morgan fingerprint density at radius 3 is 2.36 bits per heavy atom. The van der Waals surface area contributed by atoms with Crippen molar-refractivity contribution in [2.45, 2.75) is 38.1 Å². The summed E-state index contributed by atoms with van der Waals surface area (Å²) in [6, 6.07) is -0.496. The molecule has 0 unspecified atom stereocenters. The molecule has 0 radical (unpaired) electrons. The van der Waals surface area contributed by atoms with Crippen LogP contribution in [0.15, 0.2) is 0 Å². The SMILES string of the molecule is O=C(CC1CCCC1)NC(CO)CO. The largest absolute Gasteiger partial charge is 0.394 e. The van der Waals surface area contributed by atoms with Crippen LogP contribution in [0.5, 0.6) is 0 Å². The highest BCUT2D eigenvalue weighted by Gasteiger charge is 2.19. The third kappa shape index (κ3) is 3.64. The van der Waals surface area contributed by atoms with E-state index in [9.17, 15) is 4.79 Å². The van der Waals surface area contributed by atoms with Gasteiger partial charge in [-0.2, -0.15) is 0 Å². The second kappa shape index (κ2) is 5.98. The molecule has 0 saturated heterocycles. The Morgan fingerprint density at radius 2 is 1.86 bits per heavy atom. The van der Waals surface area contributed by atoms with E-state index < -0.39 is 6.04 Å². The van der Waals surface area contributed by atoms with Crippen LogP contribution >= 0.6 is 0 Å². The molecule has 1 rings (SSSR count). The molecule has 3 N–H and O–H groups in total. The summed E-state index contributed by atoms with van der Waals surface area (Å²) >= 11 is 0. The Hall–Kier alpha value is -0.610. The molecule has 1 aliphatic carbocycles. The fraction of sp³-hybridized carbons (Fsp3) is 0.900. The van der Waals surface area contributed by atoms with Gasteiger partial charge in [0.25, 0.3) is 0 Å². The third-order valence-corrected chi connectivity index (χ3v) is 2.75. The van der Waals surface area contributed by atoms with Crippen molar-refractivity contribution in [2.75, 3.05) is 13.2 Å². The van der Waals surface area contributed by atoms with Crippen molar-refractivity contribution in [3.8, 4) is 0 Å². The summed E-state index contributed by atoms with van der Waals surface area (Å²) in [6.07, 6.45) is 5.26. The van der Waals surface area contributed by atoms with Crippen LogP contribution in [0.4, 0.5) is 0 Å². The van der Waals surface area contributed by atoms with Gasteiger partial charge in [0.15, 0.2) is 0 Å². The fourth-order valence-electron chi connectivity index (χ4n) is 1.91. The van der Waals surface area contributed by atoms with Gasteiger partial charge in [0.1, 0.15) is 0 Å². The number of rotatable bonds is 5. The van der Waals surface area contributed by atoms with Crippen LogP contribution in [0, 0.1) is 5.92 Å². The zero-order valence-corrected chi connectivity index (χ0v) is 8.41. The lowest BCUT2D eigenvalue weighted by atomic mass is 10.0. The molecular formula is C10H19NO3. The minimum Gasteiger partial charge on any atom is -0.394 e. The van der Waals surface area contributed by atoms with E-state index in [0.717, 1.165) is 12.8 Å². The standard InChI is InChI=1S/C10H19NO3/c12-6-9(7-13)11-10(14)5-8-3-1-2-4-8/h8-9,12-13H,1-7H2,(H,11,14). The van der Waals surface area contributed by atoms with Crippen molar-refractivity contribution in [1.29, 1.82) is 0 Å². The molecule has 0 spiro atoms. The Kier molecular flexibility index (Phi) is 4.90. The van der Waals surface area contributed by atoms with Crippen LogP contribution in [0.25, 0.3) is 0 Å². The summed E-state index contributed by atoms with van der Waals surface area (Å²) < 4.78 is 0. The van der Waals surface area contributed by atoms with Gasteiger partial charge in [0.2, 0.25) is 5.91 Å². The average Bonchev–Trinajstić information content (AvgIpc) is 2.66. The van der Waals surface area contributed by atoms with Gasteiger partial charge in [-0.1, -0.05) is 12.8 Å². The van der Waals surface area contributed by atoms with Gasteiger partial charge in [-0.15, -0.1) is 0 Å². The third-order valence-electron chi connectivity index (χ3n) is 2.75. The van der Waals surface area contributed by atoms with E-state index in [1.165, 1.54) is 12.8 Å². The molecule has 4 nitrogen and oxygen atoms in total. The van der Waals surface area contributed by atoms with Crippen molar-refractivity contribution in [3.05, 3.63) is 0 Å². The summed E-state index contributed by atoms with van der Waals surface area (Å²) in [7, 11) is 0. The molecule has 0 aromatic heterocycles. The number of amides is 1. The Bertz CT molecular complexity index is 168. The van der Waals surface area contributed by atoms with E-state index in [0.29, 0.717) is 12.3 Å². The lowest BCUT2D eigenvalue weighted by molar-refractivity contribution is -0.123. The van der Waals surface area contributed by atoms with Gasteiger partial charge in [-0.25, -0.2) is 0 Å². The number of aliphatic hydroxyl groups is 2. The number of hydrogen-bond acceptors (Lipinski definition) is 3. The second-order valence-corrected chi connectivity index (χ2v) is 3.98. The fourth-order valence-corrected chi connectivity index (χ4v) is 1.91. The number of carbonyl (C=O) groups excluding carboxylic acids is 1. The minimum atomic E-state index is -0.496. The van der Waals surface area contributed by atoms with Gasteiger partial charge >= 0.3 is 0 Å². The van der Waals surface area contributed by atoms with Crippen LogP contribution in [0.1, 0.15) is 32.1 Å². The molecule has 1 amide bonds. The first kappa shape index (κ1) is 11.5. The molecule has 4 heteroatoms. The van der Waals surface area contributed by atoms with E-state index in [4.69, 9.17) is 10.2 Å². The second-order valence-electron chi connectivity index (χ2n) is 3.98. The summed E-state index contributed by atoms with van der Waals surface area (Å²) in [5.74, 6) is 0.457. The maximum atomic E-state index is 11.4. The van der Waals surface area contributed by atoms with Gasteiger partial charge in [0, 0.05) is 6.42 Å². The zero-order chi connectivity index (χ0) is 10.4. The van der Waals surface area contributed by atoms with Gasteiger partial charge in [0.05, 0.1) is 19.3 Å². The molecule has 0 aromatic carbocycles. The van der Waals surface area contributed by atoms with E-state index in [1.807, 2.05) is 0 Å². The first-order valence-electron chi connectivity index (χ1n) is 5.27. The van der Waals surface area contributed by atoms with E-state index in [1.54, 1.807) is 0 Å². The summed E-state index contributed by atoms with van der Waals surface area (Å²) in [5, 5.41) is 20.1. The maximum absolute atomic E-state index is 11.4. The lowest BCUT2D eigenvalue weighted by Crippen LogP contribution is -2.40. The first-order chi connectivity index (χ1) is 6.76. The molecule has 1 aliphatic rings. The molecule has 0 aromatic rings. The highest BCUT2D eigenvalue weighted by atomic mass is 16.3. The Labute approximate surface area is 84.3 Å². The van der Waals surface area contributed by atoms with E-state index in [2.05, 4.69) is 5.32 Å². The predicted molar refractivity (Wildman–Crippen MR) is 52.7 cm³/mol. The maximum Gasteiger partial charge on any atom is 0.220 e. The van der Waals surface area contributed by atoms with Crippen molar-refractivity contribution in [3.63, 3.8) is 0 Å². The van der Waals surface area contributed by atoms with Crippen LogP contribution < -0.4 is 5.32 Å². The Morgan fingerprint density at radius 1 is 1.29 bits per heavy atom. The quantitative estimate of drug-likeness (QED) is 0.588. The van der Waals surface area contributed by atoms with Crippen molar-refractivity contribution >= 4 is 5.91 Å². The first-order valence-corrected chi connectivity index (χ1v) is 5.27. The molecule has 14 heavy (non-hydrogen) atoms. The molecule has 1 fully saturated rings. The van der Waals surface area contributed by atoms with Crippen LogP contribution in [0.2, 0.25) is 0 Å². The Balaban J connectivity index is 2.20. The smallest absolute Gasteiger partial charge is 0.220 e. The van der Waals surface area contributed by atoms with Crippen molar-refractivity contribution < 1.29 is 15.0 Å². The monoisotopic (exact) mass is 201 g/mol. The molecule has 82 valence electrons. The van der Waals surface area contributed by atoms with Crippen LogP contribution in [-0.2, 0) is 4.79 Å². The summed E-state index contributed by atoms with van der Waals surface area (Å²) in [5.41, 5.74) is 0. The number of aliphatic hydroxyl groups excluding tert-OH is 2. The predicted octanol–water partition coefficient (Wildman–Crippen LogP) is 0.0361. The number of nitrogens with one attached hydrogen (secondary N) is 1. The van der Waals surface area contributed by atoms with Crippen molar-refractivity contribution in [1.82, 2.24) is 5.32 Å².